The maximum absolute atomic E-state index is 12.8. The molecule has 0 amide bonds. The number of hydrogen-bond acceptors (Lipinski definition) is 3. The molecular formula is C17H24FNO2. The molecular weight excluding hydrogens is 269 g/mol. The molecule has 0 heterocycles. The zero-order valence-electron chi connectivity index (χ0n) is 12.6. The fraction of sp³-hybridized carbons (Fsp3) is 0.588. The number of halogens is 1. The molecule has 1 aromatic rings. The molecule has 0 bridgehead atoms. The summed E-state index contributed by atoms with van der Waals surface area (Å²) >= 11 is 0. The summed E-state index contributed by atoms with van der Waals surface area (Å²) in [6.45, 7) is 1.50. The van der Waals surface area contributed by atoms with Gasteiger partial charge in [-0.25, -0.2) is 4.39 Å². The van der Waals surface area contributed by atoms with E-state index in [1.807, 2.05) is 7.05 Å². The van der Waals surface area contributed by atoms with E-state index in [1.54, 1.807) is 0 Å². The average molecular weight is 293 g/mol. The van der Waals surface area contributed by atoms with E-state index >= 15 is 0 Å². The Labute approximate surface area is 125 Å². The van der Waals surface area contributed by atoms with Crippen LogP contribution in [-0.4, -0.2) is 42.0 Å². The molecule has 2 rings (SSSR count). The molecule has 0 saturated heterocycles. The zero-order valence-corrected chi connectivity index (χ0v) is 12.6. The number of hydrogen-bond donors (Lipinski definition) is 1. The van der Waals surface area contributed by atoms with Gasteiger partial charge in [0.25, 0.3) is 0 Å². The van der Waals surface area contributed by atoms with Gasteiger partial charge < -0.3 is 10.0 Å². The fourth-order valence-electron chi connectivity index (χ4n) is 2.97. The van der Waals surface area contributed by atoms with Crippen LogP contribution in [0.25, 0.3) is 0 Å². The summed E-state index contributed by atoms with van der Waals surface area (Å²) in [6, 6.07) is 5.69. The molecule has 0 radical (unpaired) electrons. The maximum atomic E-state index is 12.8. The second-order valence-corrected chi connectivity index (χ2v) is 6.05. The molecule has 1 aliphatic rings. The second kappa shape index (κ2) is 7.66. The van der Waals surface area contributed by atoms with Crippen molar-refractivity contribution in [1.82, 2.24) is 4.90 Å². The van der Waals surface area contributed by atoms with Gasteiger partial charge in [0, 0.05) is 25.1 Å². The topological polar surface area (TPSA) is 40.5 Å². The quantitative estimate of drug-likeness (QED) is 0.820. The Morgan fingerprint density at radius 3 is 2.62 bits per heavy atom. The van der Waals surface area contributed by atoms with Gasteiger partial charge in [0.05, 0.1) is 6.10 Å². The Morgan fingerprint density at radius 2 is 1.95 bits per heavy atom. The third-order valence-electron chi connectivity index (χ3n) is 4.30. The number of aliphatic hydroxyl groups excluding tert-OH is 1. The van der Waals surface area contributed by atoms with Crippen LogP contribution in [0.1, 0.15) is 42.5 Å². The molecule has 0 spiro atoms. The van der Waals surface area contributed by atoms with Gasteiger partial charge >= 0.3 is 0 Å². The Hall–Kier alpha value is -1.26. The van der Waals surface area contributed by atoms with Crippen molar-refractivity contribution in [3.05, 3.63) is 35.6 Å². The van der Waals surface area contributed by atoms with Crippen LogP contribution in [0.3, 0.4) is 0 Å². The first-order valence-electron chi connectivity index (χ1n) is 7.71. The molecule has 1 saturated carbocycles. The van der Waals surface area contributed by atoms with Crippen molar-refractivity contribution >= 4 is 5.78 Å². The van der Waals surface area contributed by atoms with Gasteiger partial charge in [-0.05, 0) is 50.1 Å². The lowest BCUT2D eigenvalue weighted by Gasteiger charge is -2.31. The molecule has 2 unspecified atom stereocenters. The van der Waals surface area contributed by atoms with E-state index in [2.05, 4.69) is 4.90 Å². The van der Waals surface area contributed by atoms with E-state index in [1.165, 1.54) is 30.7 Å². The van der Waals surface area contributed by atoms with E-state index in [0.29, 0.717) is 24.4 Å². The Morgan fingerprint density at radius 1 is 1.29 bits per heavy atom. The van der Waals surface area contributed by atoms with Crippen LogP contribution in [0.15, 0.2) is 24.3 Å². The molecule has 2 atom stereocenters. The third-order valence-corrected chi connectivity index (χ3v) is 4.30. The van der Waals surface area contributed by atoms with Crippen LogP contribution in [0, 0.1) is 11.7 Å². The molecule has 0 aliphatic heterocycles. The van der Waals surface area contributed by atoms with Gasteiger partial charge in [-0.1, -0.05) is 12.8 Å². The first kappa shape index (κ1) is 16.1. The highest BCUT2D eigenvalue weighted by Crippen LogP contribution is 2.24. The van der Waals surface area contributed by atoms with E-state index in [0.717, 1.165) is 25.8 Å². The molecule has 3 nitrogen and oxygen atoms in total. The lowest BCUT2D eigenvalue weighted by Crippen LogP contribution is -2.35. The highest BCUT2D eigenvalue weighted by molar-refractivity contribution is 5.96. The fourth-order valence-corrected chi connectivity index (χ4v) is 2.97. The molecule has 0 aromatic heterocycles. The minimum Gasteiger partial charge on any atom is -0.393 e. The number of benzene rings is 1. The van der Waals surface area contributed by atoms with Gasteiger partial charge in [-0.3, -0.25) is 4.79 Å². The van der Waals surface area contributed by atoms with Crippen molar-refractivity contribution in [2.24, 2.45) is 5.92 Å². The first-order valence-corrected chi connectivity index (χ1v) is 7.71. The lowest BCUT2D eigenvalue weighted by atomic mass is 9.86. The zero-order chi connectivity index (χ0) is 15.2. The Kier molecular flexibility index (Phi) is 5.88. The van der Waals surface area contributed by atoms with E-state index in [4.69, 9.17) is 0 Å². The van der Waals surface area contributed by atoms with Gasteiger partial charge in [0.15, 0.2) is 5.78 Å². The van der Waals surface area contributed by atoms with Crippen LogP contribution in [-0.2, 0) is 0 Å². The molecule has 1 aliphatic carbocycles. The van der Waals surface area contributed by atoms with Crippen molar-refractivity contribution in [2.45, 2.75) is 38.2 Å². The first-order chi connectivity index (χ1) is 10.1. The van der Waals surface area contributed by atoms with Gasteiger partial charge in [0.2, 0.25) is 0 Å². The molecule has 4 heteroatoms. The molecule has 1 N–H and O–H groups in total. The van der Waals surface area contributed by atoms with Crippen molar-refractivity contribution in [1.29, 1.82) is 0 Å². The second-order valence-electron chi connectivity index (χ2n) is 6.05. The van der Waals surface area contributed by atoms with Crippen LogP contribution < -0.4 is 0 Å². The van der Waals surface area contributed by atoms with Gasteiger partial charge in [-0.2, -0.15) is 0 Å². The highest BCUT2D eigenvalue weighted by atomic mass is 19.1. The van der Waals surface area contributed by atoms with Crippen LogP contribution in [0.4, 0.5) is 4.39 Å². The summed E-state index contributed by atoms with van der Waals surface area (Å²) < 4.78 is 12.8. The van der Waals surface area contributed by atoms with Crippen LogP contribution in [0.2, 0.25) is 0 Å². The molecule has 21 heavy (non-hydrogen) atoms. The maximum Gasteiger partial charge on any atom is 0.164 e. The van der Waals surface area contributed by atoms with Crippen LogP contribution >= 0.6 is 0 Å². The highest BCUT2D eigenvalue weighted by Gasteiger charge is 2.24. The van der Waals surface area contributed by atoms with E-state index in [9.17, 15) is 14.3 Å². The smallest absolute Gasteiger partial charge is 0.164 e. The Bertz CT molecular complexity index is 460. The average Bonchev–Trinajstić information content (AvgIpc) is 2.48. The lowest BCUT2D eigenvalue weighted by molar-refractivity contribution is 0.0510. The largest absolute Gasteiger partial charge is 0.393 e. The number of carbonyl (C=O) groups is 1. The summed E-state index contributed by atoms with van der Waals surface area (Å²) in [6.07, 6.45) is 4.48. The van der Waals surface area contributed by atoms with Crippen molar-refractivity contribution in [3.63, 3.8) is 0 Å². The number of carbonyl (C=O) groups excluding carboxylic acids is 1. The SMILES string of the molecule is CN(CCC(=O)c1ccc(F)cc1)CC1CCCCC1O. The minimum absolute atomic E-state index is 0.0334. The van der Waals surface area contributed by atoms with Crippen molar-refractivity contribution in [3.8, 4) is 0 Å². The standard InChI is InChI=1S/C17H24FNO2/c1-19(12-14-4-2-3-5-16(14)20)11-10-17(21)13-6-8-15(18)9-7-13/h6-9,14,16,20H,2-5,10-12H2,1H3. The molecule has 116 valence electrons. The molecule has 1 aromatic carbocycles. The van der Waals surface area contributed by atoms with E-state index in [-0.39, 0.29) is 17.7 Å². The number of aliphatic hydroxyl groups is 1. The monoisotopic (exact) mass is 293 g/mol. The summed E-state index contributed by atoms with van der Waals surface area (Å²) in [5.41, 5.74) is 0.558. The normalized spacial score (nSPS) is 22.5. The van der Waals surface area contributed by atoms with Crippen molar-refractivity contribution < 1.29 is 14.3 Å². The van der Waals surface area contributed by atoms with Gasteiger partial charge in [-0.15, -0.1) is 0 Å². The summed E-state index contributed by atoms with van der Waals surface area (Å²) in [5, 5.41) is 9.97. The number of rotatable bonds is 6. The summed E-state index contributed by atoms with van der Waals surface area (Å²) in [7, 11) is 1.99. The summed E-state index contributed by atoms with van der Waals surface area (Å²) in [4.78, 5) is 14.1. The predicted molar refractivity (Wildman–Crippen MR) is 80.8 cm³/mol. The number of ketones is 1. The van der Waals surface area contributed by atoms with Crippen LogP contribution in [0.5, 0.6) is 0 Å². The van der Waals surface area contributed by atoms with E-state index < -0.39 is 0 Å². The number of Topliss-reactive ketones (excluding diaryl/α,β-unsaturated/α-hetero) is 1. The predicted octanol–water partition coefficient (Wildman–Crippen LogP) is 2.88. The molecule has 1 fully saturated rings. The number of nitrogens with zero attached hydrogens (tertiary/aromatic N) is 1. The van der Waals surface area contributed by atoms with Gasteiger partial charge in [0.1, 0.15) is 5.82 Å². The third kappa shape index (κ3) is 4.90. The minimum atomic E-state index is -0.324. The van der Waals surface area contributed by atoms with Crippen molar-refractivity contribution in [2.75, 3.05) is 20.1 Å². The summed E-state index contributed by atoms with van der Waals surface area (Å²) in [5.74, 6) is 0.0330. The Balaban J connectivity index is 1.76.